The van der Waals surface area contributed by atoms with Gasteiger partial charge in [0.25, 0.3) is 0 Å². The van der Waals surface area contributed by atoms with Gasteiger partial charge in [-0.2, -0.15) is 0 Å². The molecule has 2 aromatic rings. The van der Waals surface area contributed by atoms with E-state index in [0.29, 0.717) is 29.1 Å². The molecule has 0 radical (unpaired) electrons. The summed E-state index contributed by atoms with van der Waals surface area (Å²) in [4.78, 5) is 0. The molecule has 8 heteroatoms. The van der Waals surface area contributed by atoms with Crippen LogP contribution in [0.15, 0.2) is 48.5 Å². The molecule has 2 aliphatic heterocycles. The van der Waals surface area contributed by atoms with Crippen molar-refractivity contribution < 1.29 is 32.8 Å². The van der Waals surface area contributed by atoms with E-state index in [-0.39, 0.29) is 42.2 Å². The topological polar surface area (TPSA) is 64.6 Å². The van der Waals surface area contributed by atoms with Crippen molar-refractivity contribution in [3.63, 3.8) is 0 Å². The molecular weight excluding hydrogens is 645 g/mol. The van der Waals surface area contributed by atoms with Crippen molar-refractivity contribution in [2.45, 2.75) is 148 Å². The minimum Gasteiger partial charge on any atom is -0.497 e. The van der Waals surface area contributed by atoms with Crippen LogP contribution in [0, 0.1) is 23.7 Å². The van der Waals surface area contributed by atoms with E-state index >= 15 is 0 Å². The molecule has 3 aliphatic rings. The first-order valence-corrected chi connectivity index (χ1v) is 21.6. The van der Waals surface area contributed by atoms with Crippen LogP contribution in [0.5, 0.6) is 11.5 Å². The van der Waals surface area contributed by atoms with Crippen LogP contribution in [0.2, 0.25) is 16.6 Å². The third kappa shape index (κ3) is 8.31. The Hall–Kier alpha value is -1.94. The number of benzene rings is 2. The highest BCUT2D eigenvalue weighted by Gasteiger charge is 2.53. The predicted molar refractivity (Wildman–Crippen MR) is 202 cm³/mol. The third-order valence-electron chi connectivity index (χ3n) is 12.2. The second kappa shape index (κ2) is 17.3. The minimum atomic E-state index is -2.31. The molecule has 3 fully saturated rings. The summed E-state index contributed by atoms with van der Waals surface area (Å²) >= 11 is 0. The van der Waals surface area contributed by atoms with Gasteiger partial charge in [0.1, 0.15) is 11.5 Å². The zero-order chi connectivity index (χ0) is 36.2. The molecule has 0 N–H and O–H groups in total. The van der Waals surface area contributed by atoms with Gasteiger partial charge in [-0.1, -0.05) is 106 Å². The predicted octanol–water partition coefficient (Wildman–Crippen LogP) is 10.6. The van der Waals surface area contributed by atoms with Crippen LogP contribution >= 0.6 is 0 Å². The molecule has 5 rings (SSSR count). The van der Waals surface area contributed by atoms with E-state index in [1.54, 1.807) is 14.2 Å². The molecular formula is C42H66O7Si. The summed E-state index contributed by atoms with van der Waals surface area (Å²) < 4.78 is 46.1. The smallest absolute Gasteiger partial charge is 0.200 e. The number of ether oxygens (including phenoxy) is 6. The Morgan fingerprint density at radius 1 is 0.620 bits per heavy atom. The molecule has 3 unspecified atom stereocenters. The third-order valence-corrected chi connectivity index (χ3v) is 18.3. The van der Waals surface area contributed by atoms with Gasteiger partial charge in [-0.3, -0.25) is 0 Å². The number of methoxy groups -OCH3 is 2. The lowest BCUT2D eigenvalue weighted by atomic mass is 9.76. The fraction of sp³-hybridized carbons (Fsp3) is 0.714. The van der Waals surface area contributed by atoms with Crippen molar-refractivity contribution >= 4 is 8.32 Å². The summed E-state index contributed by atoms with van der Waals surface area (Å²) in [5.41, 5.74) is 3.39. The van der Waals surface area contributed by atoms with Gasteiger partial charge in [0.2, 0.25) is 8.32 Å². The zero-order valence-electron chi connectivity index (χ0n) is 32.7. The van der Waals surface area contributed by atoms with Crippen LogP contribution in [0.4, 0.5) is 0 Å². The van der Waals surface area contributed by atoms with Gasteiger partial charge in [0.15, 0.2) is 12.6 Å². The van der Waals surface area contributed by atoms with Crippen LogP contribution in [-0.2, 0) is 23.4 Å². The molecule has 0 bridgehead atoms. The van der Waals surface area contributed by atoms with Gasteiger partial charge in [-0.25, -0.2) is 0 Å². The lowest BCUT2D eigenvalue weighted by Gasteiger charge is -2.50. The standard InChI is InChI=1S/C42H66O7Si/c1-26(2)50(27(3)4,28(5)6)49-38(30(8)37-29(7)25-45-41(46-37)33-17-21-35(43-10)22-18-33)31(9)39-40(32-15-13-12-14-16-32)48-42(47-39)34-19-23-36(44-11)24-20-34/h17-24,26-32,37-42H,12-16,25H2,1-11H3/t29-,30-,31-,37-,38-,39?,40+,41?,42?/m1/s1. The minimum absolute atomic E-state index is 0.00370. The van der Waals surface area contributed by atoms with Crippen molar-refractivity contribution in [2.24, 2.45) is 23.7 Å². The average Bonchev–Trinajstić information content (AvgIpc) is 3.57. The monoisotopic (exact) mass is 710 g/mol. The van der Waals surface area contributed by atoms with E-state index in [0.717, 1.165) is 22.6 Å². The first-order valence-electron chi connectivity index (χ1n) is 19.4. The van der Waals surface area contributed by atoms with E-state index in [1.807, 2.05) is 36.4 Å². The van der Waals surface area contributed by atoms with Crippen molar-refractivity contribution in [2.75, 3.05) is 20.8 Å². The van der Waals surface area contributed by atoms with Crippen LogP contribution in [0.3, 0.4) is 0 Å². The normalized spacial score (nSPS) is 28.6. The molecule has 2 saturated heterocycles. The van der Waals surface area contributed by atoms with Crippen LogP contribution < -0.4 is 9.47 Å². The van der Waals surface area contributed by atoms with Gasteiger partial charge in [0, 0.05) is 28.9 Å². The Kier molecular flexibility index (Phi) is 13.6. The number of rotatable bonds is 14. The fourth-order valence-corrected chi connectivity index (χ4v) is 15.3. The van der Waals surface area contributed by atoms with E-state index < -0.39 is 20.9 Å². The van der Waals surface area contributed by atoms with Gasteiger partial charge >= 0.3 is 0 Å². The molecule has 2 heterocycles. The van der Waals surface area contributed by atoms with Crippen LogP contribution in [-0.4, -0.2) is 53.6 Å². The molecule has 0 aromatic heterocycles. The number of hydrogen-bond acceptors (Lipinski definition) is 7. The molecule has 1 aliphatic carbocycles. The van der Waals surface area contributed by atoms with Crippen molar-refractivity contribution in [3.05, 3.63) is 59.7 Å². The molecule has 0 spiro atoms. The maximum absolute atomic E-state index is 7.89. The van der Waals surface area contributed by atoms with Crippen LogP contribution in [0.25, 0.3) is 0 Å². The molecule has 50 heavy (non-hydrogen) atoms. The van der Waals surface area contributed by atoms with Gasteiger partial charge in [-0.05, 0) is 59.6 Å². The summed E-state index contributed by atoms with van der Waals surface area (Å²) in [6.45, 7) is 21.9. The Labute approximate surface area is 304 Å². The number of hydrogen-bond donors (Lipinski definition) is 0. The average molecular weight is 711 g/mol. The highest BCUT2D eigenvalue weighted by molar-refractivity contribution is 6.77. The molecule has 9 atom stereocenters. The molecule has 2 aromatic carbocycles. The Morgan fingerprint density at radius 2 is 1.10 bits per heavy atom. The first-order chi connectivity index (χ1) is 23.9. The van der Waals surface area contributed by atoms with Gasteiger partial charge in [-0.15, -0.1) is 0 Å². The van der Waals surface area contributed by atoms with Crippen molar-refractivity contribution in [1.29, 1.82) is 0 Å². The second-order valence-corrected chi connectivity index (χ2v) is 21.7. The van der Waals surface area contributed by atoms with Gasteiger partial charge in [0.05, 0.1) is 45.2 Å². The second-order valence-electron chi connectivity index (χ2n) is 16.3. The Morgan fingerprint density at radius 3 is 1.60 bits per heavy atom. The maximum atomic E-state index is 7.89. The first kappa shape index (κ1) is 39.3. The highest BCUT2D eigenvalue weighted by atomic mass is 28.4. The molecule has 7 nitrogen and oxygen atoms in total. The zero-order valence-corrected chi connectivity index (χ0v) is 33.7. The fourth-order valence-electron chi connectivity index (χ4n) is 9.60. The lowest BCUT2D eigenvalue weighted by Crippen LogP contribution is -2.57. The van der Waals surface area contributed by atoms with E-state index in [4.69, 9.17) is 32.8 Å². The maximum Gasteiger partial charge on any atom is 0.200 e. The summed E-state index contributed by atoms with van der Waals surface area (Å²) in [5, 5.41) is 0. The SMILES string of the molecule is COc1ccc(C2OC([C@H](C)[C@H](O[Si](C(C)C)(C(C)C)C(C)C)[C@H](C)[C@@H]3OC(c4ccc(OC)cc4)OC[C@H]3C)[C@H](C3CCCCC3)O2)cc1. The molecule has 1 saturated carbocycles. The summed E-state index contributed by atoms with van der Waals surface area (Å²) in [7, 11) is 1.08. The van der Waals surface area contributed by atoms with E-state index in [2.05, 4.69) is 74.4 Å². The molecule has 0 amide bonds. The van der Waals surface area contributed by atoms with Crippen molar-refractivity contribution in [1.82, 2.24) is 0 Å². The quantitative estimate of drug-likeness (QED) is 0.181. The molecule has 280 valence electrons. The summed E-state index contributed by atoms with van der Waals surface area (Å²) in [6, 6.07) is 16.2. The van der Waals surface area contributed by atoms with E-state index in [9.17, 15) is 0 Å². The Balaban J connectivity index is 1.51. The lowest BCUT2D eigenvalue weighted by molar-refractivity contribution is -0.258. The van der Waals surface area contributed by atoms with Crippen LogP contribution in [0.1, 0.15) is 118 Å². The largest absolute Gasteiger partial charge is 0.497 e. The Bertz CT molecular complexity index is 1290. The summed E-state index contributed by atoms with van der Waals surface area (Å²) in [5.74, 6) is 2.48. The van der Waals surface area contributed by atoms with E-state index in [1.165, 1.54) is 32.1 Å². The van der Waals surface area contributed by atoms with Crippen molar-refractivity contribution in [3.8, 4) is 11.5 Å². The van der Waals surface area contributed by atoms with Gasteiger partial charge < -0.3 is 32.8 Å². The highest BCUT2D eigenvalue weighted by Crippen LogP contribution is 2.49. The summed E-state index contributed by atoms with van der Waals surface area (Å²) in [6.07, 6.45) is 5.04.